The molecule has 0 fully saturated rings. The largest absolute Gasteiger partial charge is 0.352 e. The van der Waals surface area contributed by atoms with E-state index in [9.17, 15) is 4.79 Å². The summed E-state index contributed by atoms with van der Waals surface area (Å²) in [5.74, 6) is 0.0673. The SMILES string of the molecule is CNC(C)c1ccc2c(c1)C(=O)NCCC2. The summed E-state index contributed by atoms with van der Waals surface area (Å²) in [6.45, 7) is 2.88. The van der Waals surface area contributed by atoms with E-state index in [2.05, 4.69) is 29.7 Å². The molecule has 3 nitrogen and oxygen atoms in total. The van der Waals surface area contributed by atoms with E-state index in [4.69, 9.17) is 0 Å². The van der Waals surface area contributed by atoms with Crippen molar-refractivity contribution in [1.82, 2.24) is 10.6 Å². The summed E-state index contributed by atoms with van der Waals surface area (Å²) < 4.78 is 0. The maximum absolute atomic E-state index is 11.8. The van der Waals surface area contributed by atoms with Gasteiger partial charge < -0.3 is 10.6 Å². The average molecular weight is 218 g/mol. The topological polar surface area (TPSA) is 41.1 Å². The smallest absolute Gasteiger partial charge is 0.251 e. The van der Waals surface area contributed by atoms with E-state index in [-0.39, 0.29) is 11.9 Å². The van der Waals surface area contributed by atoms with Gasteiger partial charge in [0.15, 0.2) is 0 Å². The molecule has 1 atom stereocenters. The van der Waals surface area contributed by atoms with E-state index in [1.165, 1.54) is 11.1 Å². The Kier molecular flexibility index (Phi) is 3.25. The first-order valence-corrected chi connectivity index (χ1v) is 5.80. The summed E-state index contributed by atoms with van der Waals surface area (Å²) in [6, 6.07) is 6.49. The summed E-state index contributed by atoms with van der Waals surface area (Å²) in [4.78, 5) is 11.8. The van der Waals surface area contributed by atoms with Crippen molar-refractivity contribution in [2.75, 3.05) is 13.6 Å². The van der Waals surface area contributed by atoms with Crippen LogP contribution >= 0.6 is 0 Å². The Morgan fingerprint density at radius 1 is 1.44 bits per heavy atom. The van der Waals surface area contributed by atoms with Crippen LogP contribution in [0.3, 0.4) is 0 Å². The van der Waals surface area contributed by atoms with Crippen LogP contribution in [0.4, 0.5) is 0 Å². The summed E-state index contributed by atoms with van der Waals surface area (Å²) in [5, 5.41) is 6.11. The van der Waals surface area contributed by atoms with Gasteiger partial charge in [0.25, 0.3) is 5.91 Å². The number of hydrogen-bond acceptors (Lipinski definition) is 2. The van der Waals surface area contributed by atoms with Crippen LogP contribution in [0.15, 0.2) is 18.2 Å². The van der Waals surface area contributed by atoms with Gasteiger partial charge in [-0.05, 0) is 44.0 Å². The minimum atomic E-state index is 0.0673. The van der Waals surface area contributed by atoms with Gasteiger partial charge in [-0.1, -0.05) is 12.1 Å². The Labute approximate surface area is 96.2 Å². The zero-order valence-electron chi connectivity index (χ0n) is 9.84. The second-order valence-electron chi connectivity index (χ2n) is 4.29. The highest BCUT2D eigenvalue weighted by atomic mass is 16.1. The van der Waals surface area contributed by atoms with E-state index in [0.29, 0.717) is 0 Å². The molecule has 86 valence electrons. The van der Waals surface area contributed by atoms with Crippen molar-refractivity contribution in [2.24, 2.45) is 0 Å². The molecule has 1 aliphatic rings. The van der Waals surface area contributed by atoms with Crippen molar-refractivity contribution >= 4 is 5.91 Å². The molecule has 0 saturated heterocycles. The number of carbonyl (C=O) groups is 1. The van der Waals surface area contributed by atoms with Gasteiger partial charge in [-0.15, -0.1) is 0 Å². The van der Waals surface area contributed by atoms with Crippen LogP contribution in [0, 0.1) is 0 Å². The second kappa shape index (κ2) is 4.66. The third-order valence-electron chi connectivity index (χ3n) is 3.22. The highest BCUT2D eigenvalue weighted by Gasteiger charge is 2.16. The van der Waals surface area contributed by atoms with Crippen LogP contribution in [0.1, 0.15) is 40.9 Å². The van der Waals surface area contributed by atoms with Gasteiger partial charge in [0.2, 0.25) is 0 Å². The van der Waals surface area contributed by atoms with E-state index in [1.807, 2.05) is 13.1 Å². The second-order valence-corrected chi connectivity index (χ2v) is 4.29. The Bertz CT molecular complexity index is 401. The van der Waals surface area contributed by atoms with Crippen molar-refractivity contribution in [1.29, 1.82) is 0 Å². The molecular formula is C13H18N2O. The number of aryl methyl sites for hydroxylation is 1. The monoisotopic (exact) mass is 218 g/mol. The molecule has 0 saturated carbocycles. The highest BCUT2D eigenvalue weighted by molar-refractivity contribution is 5.96. The summed E-state index contributed by atoms with van der Waals surface area (Å²) in [7, 11) is 1.93. The van der Waals surface area contributed by atoms with E-state index >= 15 is 0 Å². The molecule has 1 amide bonds. The molecular weight excluding hydrogens is 200 g/mol. The van der Waals surface area contributed by atoms with E-state index < -0.39 is 0 Å². The molecule has 2 rings (SSSR count). The maximum Gasteiger partial charge on any atom is 0.251 e. The van der Waals surface area contributed by atoms with Crippen LogP contribution in [-0.2, 0) is 6.42 Å². The fraction of sp³-hybridized carbons (Fsp3) is 0.462. The third-order valence-corrected chi connectivity index (χ3v) is 3.22. The summed E-state index contributed by atoms with van der Waals surface area (Å²) in [6.07, 6.45) is 2.02. The summed E-state index contributed by atoms with van der Waals surface area (Å²) >= 11 is 0. The Balaban J connectivity index is 2.39. The Morgan fingerprint density at radius 2 is 2.25 bits per heavy atom. The number of carbonyl (C=O) groups excluding carboxylic acids is 1. The molecule has 0 aromatic heterocycles. The predicted molar refractivity (Wildman–Crippen MR) is 64.6 cm³/mol. The molecule has 1 unspecified atom stereocenters. The lowest BCUT2D eigenvalue weighted by atomic mass is 9.98. The molecule has 2 N–H and O–H groups in total. The lowest BCUT2D eigenvalue weighted by Gasteiger charge is -2.13. The molecule has 1 aromatic rings. The lowest BCUT2D eigenvalue weighted by Crippen LogP contribution is -2.23. The fourth-order valence-corrected chi connectivity index (χ4v) is 2.04. The van der Waals surface area contributed by atoms with Crippen LogP contribution in [0.2, 0.25) is 0 Å². The number of hydrogen-bond donors (Lipinski definition) is 2. The van der Waals surface area contributed by atoms with Gasteiger partial charge in [-0.25, -0.2) is 0 Å². The number of fused-ring (bicyclic) bond motifs is 1. The predicted octanol–water partition coefficient (Wildman–Crippen LogP) is 1.64. The normalized spacial score (nSPS) is 17.2. The third kappa shape index (κ3) is 2.09. The summed E-state index contributed by atoms with van der Waals surface area (Å²) in [5.41, 5.74) is 3.18. The van der Waals surface area contributed by atoms with Crippen molar-refractivity contribution in [3.63, 3.8) is 0 Å². The minimum absolute atomic E-state index is 0.0673. The van der Waals surface area contributed by atoms with Gasteiger partial charge in [0.05, 0.1) is 0 Å². The molecule has 0 aliphatic carbocycles. The molecule has 1 heterocycles. The fourth-order valence-electron chi connectivity index (χ4n) is 2.04. The zero-order valence-corrected chi connectivity index (χ0v) is 9.84. The molecule has 1 aromatic carbocycles. The van der Waals surface area contributed by atoms with Gasteiger partial charge in [-0.3, -0.25) is 4.79 Å². The van der Waals surface area contributed by atoms with Crippen molar-refractivity contribution in [3.05, 3.63) is 34.9 Å². The van der Waals surface area contributed by atoms with Gasteiger partial charge in [0, 0.05) is 18.2 Å². The highest BCUT2D eigenvalue weighted by Crippen LogP contribution is 2.20. The van der Waals surface area contributed by atoms with Gasteiger partial charge in [0.1, 0.15) is 0 Å². The Morgan fingerprint density at radius 3 is 3.00 bits per heavy atom. The first-order valence-electron chi connectivity index (χ1n) is 5.80. The maximum atomic E-state index is 11.8. The number of nitrogens with one attached hydrogen (secondary N) is 2. The number of rotatable bonds is 2. The van der Waals surface area contributed by atoms with Crippen LogP contribution in [0.5, 0.6) is 0 Å². The van der Waals surface area contributed by atoms with Crippen molar-refractivity contribution < 1.29 is 4.79 Å². The van der Waals surface area contributed by atoms with Crippen LogP contribution < -0.4 is 10.6 Å². The zero-order chi connectivity index (χ0) is 11.5. The quantitative estimate of drug-likeness (QED) is 0.792. The Hall–Kier alpha value is -1.35. The standard InChI is InChI=1S/C13H18N2O/c1-9(14-2)11-6-5-10-4-3-7-15-13(16)12(10)8-11/h5-6,8-9,14H,3-4,7H2,1-2H3,(H,15,16). The van der Waals surface area contributed by atoms with Crippen LogP contribution in [-0.4, -0.2) is 19.5 Å². The molecule has 0 radical (unpaired) electrons. The molecule has 0 spiro atoms. The van der Waals surface area contributed by atoms with E-state index in [1.54, 1.807) is 0 Å². The lowest BCUT2D eigenvalue weighted by molar-refractivity contribution is 0.0956. The van der Waals surface area contributed by atoms with Crippen molar-refractivity contribution in [2.45, 2.75) is 25.8 Å². The van der Waals surface area contributed by atoms with Gasteiger partial charge in [-0.2, -0.15) is 0 Å². The number of benzene rings is 1. The van der Waals surface area contributed by atoms with Gasteiger partial charge >= 0.3 is 0 Å². The average Bonchev–Trinajstić information content (AvgIpc) is 2.50. The molecule has 1 aliphatic heterocycles. The van der Waals surface area contributed by atoms with Crippen molar-refractivity contribution in [3.8, 4) is 0 Å². The molecule has 16 heavy (non-hydrogen) atoms. The molecule has 0 bridgehead atoms. The number of amides is 1. The first-order chi connectivity index (χ1) is 7.72. The molecule has 3 heteroatoms. The van der Waals surface area contributed by atoms with Crippen LogP contribution in [0.25, 0.3) is 0 Å². The first kappa shape index (κ1) is 11.1. The van der Waals surface area contributed by atoms with E-state index in [0.717, 1.165) is 24.9 Å². The minimum Gasteiger partial charge on any atom is -0.352 e.